The third kappa shape index (κ3) is 2.72. The van der Waals surface area contributed by atoms with E-state index in [0.29, 0.717) is 28.7 Å². The second-order valence-corrected chi connectivity index (χ2v) is 7.86. The first kappa shape index (κ1) is 17.1. The molecule has 0 N–H and O–H groups in total. The minimum absolute atomic E-state index is 0.0416. The predicted molar refractivity (Wildman–Crippen MR) is 99.3 cm³/mol. The second-order valence-electron chi connectivity index (χ2n) is 7.86. The van der Waals surface area contributed by atoms with Crippen LogP contribution < -0.4 is 0 Å². The Bertz CT molecular complexity index is 1010. The van der Waals surface area contributed by atoms with Gasteiger partial charge in [-0.15, -0.1) is 0 Å². The van der Waals surface area contributed by atoms with Crippen molar-refractivity contribution in [2.75, 3.05) is 26.7 Å². The van der Waals surface area contributed by atoms with Crippen LogP contribution in [0.1, 0.15) is 34.4 Å². The summed E-state index contributed by atoms with van der Waals surface area (Å²) in [5, 5.41) is 4.19. The number of carbonyl (C=O) groups is 1. The summed E-state index contributed by atoms with van der Waals surface area (Å²) in [6.07, 6.45) is 4.17. The molecule has 8 heteroatoms. The van der Waals surface area contributed by atoms with E-state index in [9.17, 15) is 4.79 Å². The molecular formula is C20H21N5O3. The van der Waals surface area contributed by atoms with Gasteiger partial charge in [-0.3, -0.25) is 14.7 Å². The number of carbonyl (C=O) groups excluding carboxylic acids is 1. The number of nitrogens with zero attached hydrogens (tertiary/aromatic N) is 5. The van der Waals surface area contributed by atoms with E-state index in [1.165, 1.54) is 0 Å². The van der Waals surface area contributed by atoms with Crippen LogP contribution in [0.25, 0.3) is 11.6 Å². The molecule has 3 aromatic heterocycles. The van der Waals surface area contributed by atoms with Gasteiger partial charge in [0.25, 0.3) is 11.8 Å². The molecule has 0 aromatic carbocycles. The second kappa shape index (κ2) is 6.27. The van der Waals surface area contributed by atoms with Gasteiger partial charge in [0.15, 0.2) is 5.82 Å². The van der Waals surface area contributed by atoms with Crippen LogP contribution >= 0.6 is 0 Å². The Labute approximate surface area is 162 Å². The number of rotatable bonds is 3. The van der Waals surface area contributed by atoms with Crippen molar-refractivity contribution < 1.29 is 13.7 Å². The molecule has 1 unspecified atom stereocenters. The Morgan fingerprint density at radius 3 is 2.82 bits per heavy atom. The lowest BCUT2D eigenvalue weighted by Crippen LogP contribution is -2.59. The highest BCUT2D eigenvalue weighted by Crippen LogP contribution is 2.47. The van der Waals surface area contributed by atoms with Crippen LogP contribution in [0.3, 0.4) is 0 Å². The Balaban J connectivity index is 1.28. The average Bonchev–Trinajstić information content (AvgIpc) is 3.39. The first-order valence-electron chi connectivity index (χ1n) is 9.33. The minimum atomic E-state index is 0.0416. The van der Waals surface area contributed by atoms with Gasteiger partial charge >= 0.3 is 0 Å². The number of aryl methyl sites for hydroxylation is 1. The van der Waals surface area contributed by atoms with E-state index in [-0.39, 0.29) is 17.4 Å². The molecule has 5 rings (SSSR count). The molecule has 1 atom stereocenters. The van der Waals surface area contributed by atoms with E-state index in [2.05, 4.69) is 27.1 Å². The maximum atomic E-state index is 12.6. The number of pyridine rings is 1. The quantitative estimate of drug-likeness (QED) is 0.691. The van der Waals surface area contributed by atoms with Gasteiger partial charge < -0.3 is 13.8 Å². The maximum Gasteiger partial charge on any atom is 0.276 e. The molecule has 5 heterocycles. The van der Waals surface area contributed by atoms with Gasteiger partial charge in [-0.25, -0.2) is 0 Å². The highest BCUT2D eigenvalue weighted by atomic mass is 16.5. The zero-order chi connectivity index (χ0) is 19.3. The summed E-state index contributed by atoms with van der Waals surface area (Å²) in [5.41, 5.74) is 1.40. The predicted octanol–water partition coefficient (Wildman–Crippen LogP) is 2.55. The third-order valence-corrected chi connectivity index (χ3v) is 5.80. The standard InChI is InChI=1S/C20H21N5O3/c1-13-14(6-8-27-13)19(26)25-11-20(12-25)9-16(24(2)10-20)17-22-18(28-23-17)15-5-3-4-7-21-15/h3-8,16H,9-12H2,1-2H3. The average molecular weight is 379 g/mol. The van der Waals surface area contributed by atoms with Crippen molar-refractivity contribution in [1.29, 1.82) is 0 Å². The first-order valence-corrected chi connectivity index (χ1v) is 9.33. The van der Waals surface area contributed by atoms with Gasteiger partial charge in [0, 0.05) is 31.2 Å². The van der Waals surface area contributed by atoms with Crippen molar-refractivity contribution >= 4 is 5.91 Å². The highest BCUT2D eigenvalue weighted by molar-refractivity contribution is 5.95. The van der Waals surface area contributed by atoms with Gasteiger partial charge in [0.1, 0.15) is 11.5 Å². The molecule has 1 spiro atoms. The van der Waals surface area contributed by atoms with Crippen LogP contribution in [0, 0.1) is 12.3 Å². The maximum absolute atomic E-state index is 12.6. The number of hydrogen-bond acceptors (Lipinski definition) is 7. The van der Waals surface area contributed by atoms with Crippen molar-refractivity contribution in [2.45, 2.75) is 19.4 Å². The lowest BCUT2D eigenvalue weighted by atomic mass is 9.77. The van der Waals surface area contributed by atoms with E-state index in [1.54, 1.807) is 18.5 Å². The fourth-order valence-corrected chi connectivity index (χ4v) is 4.44. The lowest BCUT2D eigenvalue weighted by Gasteiger charge is -2.48. The Morgan fingerprint density at radius 1 is 1.25 bits per heavy atom. The summed E-state index contributed by atoms with van der Waals surface area (Å²) in [6.45, 7) is 4.20. The highest BCUT2D eigenvalue weighted by Gasteiger charge is 2.53. The lowest BCUT2D eigenvalue weighted by molar-refractivity contribution is 0.0114. The van der Waals surface area contributed by atoms with Crippen molar-refractivity contribution in [2.24, 2.45) is 5.41 Å². The smallest absolute Gasteiger partial charge is 0.276 e. The summed E-state index contributed by atoms with van der Waals surface area (Å²) < 4.78 is 10.7. The number of hydrogen-bond donors (Lipinski definition) is 0. The van der Waals surface area contributed by atoms with Gasteiger partial charge in [-0.1, -0.05) is 11.2 Å². The Hall–Kier alpha value is -3.00. The van der Waals surface area contributed by atoms with Crippen LogP contribution in [0.4, 0.5) is 0 Å². The number of amides is 1. The fraction of sp³-hybridized carbons (Fsp3) is 0.400. The van der Waals surface area contributed by atoms with E-state index in [4.69, 9.17) is 8.94 Å². The molecule has 8 nitrogen and oxygen atoms in total. The number of likely N-dealkylation sites (tertiary alicyclic amines) is 2. The van der Waals surface area contributed by atoms with E-state index in [1.807, 2.05) is 30.0 Å². The molecule has 28 heavy (non-hydrogen) atoms. The van der Waals surface area contributed by atoms with Crippen molar-refractivity contribution in [3.8, 4) is 11.6 Å². The molecule has 2 aliphatic rings. The van der Waals surface area contributed by atoms with Crippen LogP contribution in [0.5, 0.6) is 0 Å². The molecular weight excluding hydrogens is 358 g/mol. The third-order valence-electron chi connectivity index (χ3n) is 5.80. The van der Waals surface area contributed by atoms with E-state index < -0.39 is 0 Å². The van der Waals surface area contributed by atoms with Crippen molar-refractivity contribution in [3.05, 3.63) is 53.9 Å². The largest absolute Gasteiger partial charge is 0.469 e. The monoisotopic (exact) mass is 379 g/mol. The van der Waals surface area contributed by atoms with Crippen LogP contribution in [-0.4, -0.2) is 57.5 Å². The van der Waals surface area contributed by atoms with Crippen LogP contribution in [0.15, 0.2) is 45.7 Å². The molecule has 0 radical (unpaired) electrons. The van der Waals surface area contributed by atoms with Crippen molar-refractivity contribution in [3.63, 3.8) is 0 Å². The summed E-state index contributed by atoms with van der Waals surface area (Å²) in [5.74, 6) is 1.82. The van der Waals surface area contributed by atoms with Gasteiger partial charge in [0.05, 0.1) is 17.9 Å². The summed E-state index contributed by atoms with van der Waals surface area (Å²) >= 11 is 0. The van der Waals surface area contributed by atoms with Crippen molar-refractivity contribution in [1.82, 2.24) is 24.9 Å². The summed E-state index contributed by atoms with van der Waals surface area (Å²) in [4.78, 5) is 25.6. The van der Waals surface area contributed by atoms with Gasteiger partial charge in [-0.05, 0) is 38.6 Å². The Kier molecular flexibility index (Phi) is 3.83. The van der Waals surface area contributed by atoms with Gasteiger partial charge in [-0.2, -0.15) is 4.98 Å². The molecule has 3 aromatic rings. The van der Waals surface area contributed by atoms with E-state index in [0.717, 1.165) is 26.1 Å². The molecule has 2 fully saturated rings. The number of aromatic nitrogens is 3. The summed E-state index contributed by atoms with van der Waals surface area (Å²) in [7, 11) is 2.07. The Morgan fingerprint density at radius 2 is 2.11 bits per heavy atom. The van der Waals surface area contributed by atoms with Crippen LogP contribution in [0.2, 0.25) is 0 Å². The zero-order valence-electron chi connectivity index (χ0n) is 15.8. The molecule has 2 aliphatic heterocycles. The topological polar surface area (TPSA) is 88.5 Å². The molecule has 0 bridgehead atoms. The fourth-order valence-electron chi connectivity index (χ4n) is 4.44. The molecule has 1 amide bonds. The molecule has 2 saturated heterocycles. The number of furan rings is 1. The summed E-state index contributed by atoms with van der Waals surface area (Å²) in [6, 6.07) is 7.41. The minimum Gasteiger partial charge on any atom is -0.469 e. The molecule has 0 saturated carbocycles. The zero-order valence-corrected chi connectivity index (χ0v) is 15.8. The van der Waals surface area contributed by atoms with E-state index >= 15 is 0 Å². The SMILES string of the molecule is Cc1occc1C(=O)N1CC2(CC(c3noc(-c4ccccn4)n3)N(C)C2)C1. The van der Waals surface area contributed by atoms with Crippen LogP contribution in [-0.2, 0) is 0 Å². The normalized spacial score (nSPS) is 21.2. The first-order chi connectivity index (χ1) is 13.5. The molecule has 0 aliphatic carbocycles. The molecule has 144 valence electrons. The van der Waals surface area contributed by atoms with Gasteiger partial charge in [0.2, 0.25) is 0 Å².